The van der Waals surface area contributed by atoms with Crippen LogP contribution in [0, 0.1) is 26.7 Å². The largest absolute Gasteiger partial charge is 0.358 e. The van der Waals surface area contributed by atoms with E-state index < -0.39 is 0 Å². The number of nitrogens with zero attached hydrogens (tertiary/aromatic N) is 2. The molecule has 4 rings (SSSR count). The van der Waals surface area contributed by atoms with Gasteiger partial charge in [-0.25, -0.2) is 4.98 Å². The number of aromatic nitrogens is 2. The van der Waals surface area contributed by atoms with Crippen molar-refractivity contribution in [1.82, 2.24) is 14.9 Å². The number of benzene rings is 1. The molecule has 1 fully saturated rings. The third-order valence-electron chi connectivity index (χ3n) is 5.87. The van der Waals surface area contributed by atoms with Crippen molar-refractivity contribution in [2.24, 2.45) is 5.92 Å². The van der Waals surface area contributed by atoms with E-state index in [-0.39, 0.29) is 17.7 Å². The molecule has 1 aliphatic rings. The maximum atomic E-state index is 13.0. The highest BCUT2D eigenvalue weighted by Gasteiger charge is 2.28. The van der Waals surface area contributed by atoms with E-state index in [9.17, 15) is 9.59 Å². The van der Waals surface area contributed by atoms with Crippen LogP contribution >= 0.6 is 0 Å². The van der Waals surface area contributed by atoms with Gasteiger partial charge in [0.15, 0.2) is 0 Å². The molecule has 0 saturated carbocycles. The van der Waals surface area contributed by atoms with Crippen molar-refractivity contribution in [3.05, 3.63) is 58.9 Å². The molecule has 1 aliphatic heterocycles. The number of carbonyl (C=O) groups is 2. The molecule has 3 heterocycles. The zero-order chi connectivity index (χ0) is 20.5. The van der Waals surface area contributed by atoms with Crippen LogP contribution in [0.4, 0.5) is 5.82 Å². The summed E-state index contributed by atoms with van der Waals surface area (Å²) in [5.41, 5.74) is 5.11. The Bertz CT molecular complexity index is 1060. The summed E-state index contributed by atoms with van der Waals surface area (Å²) in [6.07, 6.45) is 3.06. The Labute approximate surface area is 170 Å². The molecule has 0 atom stereocenters. The number of carbonyl (C=O) groups excluding carboxylic acids is 2. The summed E-state index contributed by atoms with van der Waals surface area (Å²) < 4.78 is 0. The highest BCUT2D eigenvalue weighted by molar-refractivity contribution is 5.99. The number of piperidine rings is 1. The molecule has 1 saturated heterocycles. The quantitative estimate of drug-likeness (QED) is 0.710. The van der Waals surface area contributed by atoms with Gasteiger partial charge in [0.25, 0.3) is 5.91 Å². The predicted molar refractivity (Wildman–Crippen MR) is 114 cm³/mol. The Morgan fingerprint density at radius 1 is 1.10 bits per heavy atom. The van der Waals surface area contributed by atoms with Crippen molar-refractivity contribution < 1.29 is 9.59 Å². The van der Waals surface area contributed by atoms with E-state index in [1.54, 1.807) is 6.20 Å². The van der Waals surface area contributed by atoms with Gasteiger partial charge >= 0.3 is 0 Å². The molecule has 29 heavy (non-hydrogen) atoms. The molecular weight excluding hydrogens is 364 g/mol. The molecule has 1 aromatic carbocycles. The second-order valence-corrected chi connectivity index (χ2v) is 7.91. The van der Waals surface area contributed by atoms with Gasteiger partial charge in [0.05, 0.1) is 0 Å². The lowest BCUT2D eigenvalue weighted by molar-refractivity contribution is -0.121. The summed E-state index contributed by atoms with van der Waals surface area (Å²) >= 11 is 0. The molecule has 3 aromatic rings. The number of hydrogen-bond acceptors (Lipinski definition) is 3. The molecule has 0 radical (unpaired) electrons. The van der Waals surface area contributed by atoms with E-state index in [0.717, 1.165) is 22.2 Å². The summed E-state index contributed by atoms with van der Waals surface area (Å²) in [6, 6.07) is 9.55. The highest BCUT2D eigenvalue weighted by atomic mass is 16.2. The van der Waals surface area contributed by atoms with Crippen LogP contribution in [-0.4, -0.2) is 39.8 Å². The first-order valence-corrected chi connectivity index (χ1v) is 10.0. The number of fused-ring (bicyclic) bond motifs is 1. The number of amides is 2. The molecule has 0 bridgehead atoms. The zero-order valence-corrected chi connectivity index (χ0v) is 17.1. The summed E-state index contributed by atoms with van der Waals surface area (Å²) in [5.74, 6) is 0.487. The summed E-state index contributed by atoms with van der Waals surface area (Å²) in [4.78, 5) is 34.9. The Morgan fingerprint density at radius 3 is 2.55 bits per heavy atom. The third kappa shape index (κ3) is 3.88. The number of likely N-dealkylation sites (tertiary alicyclic amines) is 1. The van der Waals surface area contributed by atoms with Gasteiger partial charge in [-0.15, -0.1) is 0 Å². The van der Waals surface area contributed by atoms with Crippen molar-refractivity contribution in [3.63, 3.8) is 0 Å². The second kappa shape index (κ2) is 7.70. The van der Waals surface area contributed by atoms with E-state index in [0.29, 0.717) is 37.3 Å². The maximum Gasteiger partial charge on any atom is 0.253 e. The van der Waals surface area contributed by atoms with Crippen molar-refractivity contribution >= 4 is 28.5 Å². The average molecular weight is 390 g/mol. The number of anilines is 1. The van der Waals surface area contributed by atoms with Gasteiger partial charge in [-0.05, 0) is 69.0 Å². The van der Waals surface area contributed by atoms with E-state index in [1.807, 2.05) is 49.1 Å². The van der Waals surface area contributed by atoms with E-state index in [4.69, 9.17) is 0 Å². The fraction of sp³-hybridized carbons (Fsp3) is 0.348. The van der Waals surface area contributed by atoms with Crippen LogP contribution in [0.3, 0.4) is 0 Å². The molecule has 150 valence electrons. The van der Waals surface area contributed by atoms with Gasteiger partial charge in [0.1, 0.15) is 5.82 Å². The third-order valence-corrected chi connectivity index (χ3v) is 5.87. The van der Waals surface area contributed by atoms with Gasteiger partial charge in [0.2, 0.25) is 5.91 Å². The molecule has 2 N–H and O–H groups in total. The monoisotopic (exact) mass is 390 g/mol. The van der Waals surface area contributed by atoms with Crippen LogP contribution < -0.4 is 5.32 Å². The first-order valence-electron chi connectivity index (χ1n) is 10.0. The van der Waals surface area contributed by atoms with Crippen LogP contribution in [0.1, 0.15) is 40.0 Å². The van der Waals surface area contributed by atoms with Gasteiger partial charge < -0.3 is 15.2 Å². The minimum Gasteiger partial charge on any atom is -0.358 e. The minimum absolute atomic E-state index is 0.0201. The van der Waals surface area contributed by atoms with Gasteiger partial charge in [0, 0.05) is 47.4 Å². The number of rotatable bonds is 3. The molecule has 2 amide bonds. The Kier molecular flexibility index (Phi) is 5.09. The smallest absolute Gasteiger partial charge is 0.253 e. The lowest BCUT2D eigenvalue weighted by Crippen LogP contribution is -2.41. The molecule has 6 heteroatoms. The maximum absolute atomic E-state index is 13.0. The predicted octanol–water partition coefficient (Wildman–Crippen LogP) is 3.98. The Hall–Kier alpha value is -3.15. The molecule has 0 aliphatic carbocycles. The van der Waals surface area contributed by atoms with E-state index in [2.05, 4.69) is 22.2 Å². The summed E-state index contributed by atoms with van der Waals surface area (Å²) in [5, 5.41) is 3.98. The lowest BCUT2D eigenvalue weighted by Gasteiger charge is -2.31. The first-order chi connectivity index (χ1) is 13.9. The molecule has 6 nitrogen and oxygen atoms in total. The van der Waals surface area contributed by atoms with Crippen molar-refractivity contribution in [2.45, 2.75) is 33.6 Å². The van der Waals surface area contributed by atoms with Crippen LogP contribution in [0.5, 0.6) is 0 Å². The Morgan fingerprint density at radius 2 is 1.86 bits per heavy atom. The second-order valence-electron chi connectivity index (χ2n) is 7.91. The minimum atomic E-state index is -0.0980. The van der Waals surface area contributed by atoms with E-state index in [1.165, 1.54) is 5.56 Å². The van der Waals surface area contributed by atoms with Crippen molar-refractivity contribution in [3.8, 4) is 0 Å². The Balaban J connectivity index is 1.38. The van der Waals surface area contributed by atoms with Gasteiger partial charge in [-0.3, -0.25) is 9.59 Å². The average Bonchev–Trinajstić information content (AvgIpc) is 3.02. The zero-order valence-electron chi connectivity index (χ0n) is 17.1. The lowest BCUT2D eigenvalue weighted by atomic mass is 9.95. The topological polar surface area (TPSA) is 78.1 Å². The number of nitrogens with one attached hydrogen (secondary N) is 2. The number of aromatic amines is 1. The number of pyridine rings is 1. The summed E-state index contributed by atoms with van der Waals surface area (Å²) in [7, 11) is 0. The first kappa shape index (κ1) is 19.2. The normalized spacial score (nSPS) is 14.9. The van der Waals surface area contributed by atoms with Crippen LogP contribution in [-0.2, 0) is 4.79 Å². The van der Waals surface area contributed by atoms with Crippen LogP contribution in [0.2, 0.25) is 0 Å². The fourth-order valence-electron chi connectivity index (χ4n) is 3.89. The fourth-order valence-corrected chi connectivity index (χ4v) is 3.89. The number of aryl methyl sites for hydroxylation is 3. The molecule has 2 aromatic heterocycles. The standard InChI is InChI=1S/C23H26N4O2/c1-14-4-7-21(24-13-14)26-22(28)17-8-10-27(11-9-17)23(29)18-5-6-20-19(12-18)15(2)16(3)25-20/h4-7,12-13,17,25H,8-11H2,1-3H3,(H,24,26,28). The van der Waals surface area contributed by atoms with E-state index >= 15 is 0 Å². The number of H-pyrrole nitrogens is 1. The summed E-state index contributed by atoms with van der Waals surface area (Å²) in [6.45, 7) is 7.23. The van der Waals surface area contributed by atoms with Gasteiger partial charge in [-0.1, -0.05) is 6.07 Å². The van der Waals surface area contributed by atoms with Crippen LogP contribution in [0.25, 0.3) is 10.9 Å². The van der Waals surface area contributed by atoms with Crippen molar-refractivity contribution in [2.75, 3.05) is 18.4 Å². The molecule has 0 spiro atoms. The number of hydrogen-bond donors (Lipinski definition) is 2. The SMILES string of the molecule is Cc1ccc(NC(=O)C2CCN(C(=O)c3ccc4[nH]c(C)c(C)c4c3)CC2)nc1. The molecule has 0 unspecified atom stereocenters. The van der Waals surface area contributed by atoms with Gasteiger partial charge in [-0.2, -0.15) is 0 Å². The molecular formula is C23H26N4O2. The van der Waals surface area contributed by atoms with Crippen molar-refractivity contribution in [1.29, 1.82) is 0 Å². The van der Waals surface area contributed by atoms with Crippen LogP contribution in [0.15, 0.2) is 36.5 Å². The highest BCUT2D eigenvalue weighted by Crippen LogP contribution is 2.25.